The van der Waals surface area contributed by atoms with Crippen LogP contribution in [0.5, 0.6) is 0 Å². The fourth-order valence-corrected chi connectivity index (χ4v) is 2.90. The molecule has 0 fully saturated rings. The van der Waals surface area contributed by atoms with Crippen LogP contribution in [0.25, 0.3) is 0 Å². The SMILES string of the molecule is Cc1ccc(CC(C)n2nnnc2C(C)Cl)s1. The first kappa shape index (κ1) is 12.5. The van der Waals surface area contributed by atoms with Crippen molar-refractivity contribution in [3.05, 3.63) is 27.7 Å². The highest BCUT2D eigenvalue weighted by Gasteiger charge is 2.17. The Morgan fingerprint density at radius 1 is 1.41 bits per heavy atom. The summed E-state index contributed by atoms with van der Waals surface area (Å²) in [5, 5.41) is 11.5. The number of thiophene rings is 1. The van der Waals surface area contributed by atoms with Gasteiger partial charge in [0.1, 0.15) is 0 Å². The Kier molecular flexibility index (Phi) is 3.79. The van der Waals surface area contributed by atoms with Crippen LogP contribution in [0.1, 0.15) is 40.8 Å². The van der Waals surface area contributed by atoms with Gasteiger partial charge in [-0.1, -0.05) is 0 Å². The van der Waals surface area contributed by atoms with Crippen molar-refractivity contribution in [1.29, 1.82) is 0 Å². The number of hydrogen-bond donors (Lipinski definition) is 0. The molecule has 0 radical (unpaired) electrons. The van der Waals surface area contributed by atoms with Gasteiger partial charge in [-0.15, -0.1) is 28.0 Å². The van der Waals surface area contributed by atoms with Crippen molar-refractivity contribution in [3.8, 4) is 0 Å². The molecule has 2 unspecified atom stereocenters. The summed E-state index contributed by atoms with van der Waals surface area (Å²) in [6.07, 6.45) is 0.931. The summed E-state index contributed by atoms with van der Waals surface area (Å²) in [6, 6.07) is 4.52. The van der Waals surface area contributed by atoms with E-state index in [4.69, 9.17) is 11.6 Å². The van der Waals surface area contributed by atoms with E-state index in [1.165, 1.54) is 9.75 Å². The van der Waals surface area contributed by atoms with Crippen molar-refractivity contribution in [2.24, 2.45) is 0 Å². The van der Waals surface area contributed by atoms with Gasteiger partial charge in [0.2, 0.25) is 0 Å². The first-order chi connectivity index (χ1) is 8.08. The summed E-state index contributed by atoms with van der Waals surface area (Å²) in [6.45, 7) is 6.10. The van der Waals surface area contributed by atoms with Gasteiger partial charge in [0.25, 0.3) is 0 Å². The summed E-state index contributed by atoms with van der Waals surface area (Å²) < 4.78 is 1.81. The minimum Gasteiger partial charge on any atom is -0.225 e. The average molecular weight is 271 g/mol. The number of alkyl halides is 1. The quantitative estimate of drug-likeness (QED) is 0.802. The molecule has 2 aromatic heterocycles. The highest BCUT2D eigenvalue weighted by molar-refractivity contribution is 7.11. The molecule has 2 rings (SSSR count). The zero-order valence-electron chi connectivity index (χ0n) is 10.1. The molecule has 0 aliphatic rings. The first-order valence-corrected chi connectivity index (χ1v) is 6.80. The van der Waals surface area contributed by atoms with Crippen LogP contribution >= 0.6 is 22.9 Å². The summed E-state index contributed by atoms with van der Waals surface area (Å²) in [5.41, 5.74) is 0. The van der Waals surface area contributed by atoms with Crippen LogP contribution in [0.2, 0.25) is 0 Å². The predicted octanol–water partition coefficient (Wildman–Crippen LogP) is 3.15. The molecule has 2 atom stereocenters. The third kappa shape index (κ3) is 2.84. The predicted molar refractivity (Wildman–Crippen MR) is 69.6 cm³/mol. The minimum absolute atomic E-state index is 0.169. The van der Waals surface area contributed by atoms with Crippen LogP contribution in [0.3, 0.4) is 0 Å². The number of aryl methyl sites for hydroxylation is 1. The normalized spacial score (nSPS) is 14.8. The van der Waals surface area contributed by atoms with Gasteiger partial charge < -0.3 is 0 Å². The van der Waals surface area contributed by atoms with E-state index in [0.29, 0.717) is 0 Å². The Morgan fingerprint density at radius 2 is 2.18 bits per heavy atom. The molecule has 2 aromatic rings. The lowest BCUT2D eigenvalue weighted by Gasteiger charge is -2.13. The molecule has 0 N–H and O–H groups in total. The van der Waals surface area contributed by atoms with Crippen molar-refractivity contribution < 1.29 is 0 Å². The Morgan fingerprint density at radius 3 is 2.76 bits per heavy atom. The average Bonchev–Trinajstić information content (AvgIpc) is 2.86. The van der Waals surface area contributed by atoms with E-state index in [0.717, 1.165) is 12.2 Å². The molecule has 4 nitrogen and oxygen atoms in total. The van der Waals surface area contributed by atoms with Gasteiger partial charge in [-0.05, 0) is 43.3 Å². The summed E-state index contributed by atoms with van der Waals surface area (Å²) in [4.78, 5) is 2.67. The molecule has 6 heteroatoms. The van der Waals surface area contributed by atoms with E-state index >= 15 is 0 Å². The molecule has 0 aliphatic carbocycles. The largest absolute Gasteiger partial charge is 0.225 e. The van der Waals surface area contributed by atoms with Gasteiger partial charge in [-0.3, -0.25) is 0 Å². The molecule has 17 heavy (non-hydrogen) atoms. The molecule has 2 heterocycles. The number of halogens is 1. The van der Waals surface area contributed by atoms with E-state index in [9.17, 15) is 0 Å². The van der Waals surface area contributed by atoms with E-state index in [1.54, 1.807) is 0 Å². The van der Waals surface area contributed by atoms with E-state index in [-0.39, 0.29) is 11.4 Å². The Bertz CT molecular complexity index is 491. The topological polar surface area (TPSA) is 43.6 Å². The third-order valence-corrected chi connectivity index (χ3v) is 3.80. The Labute approximate surface area is 110 Å². The number of hydrogen-bond acceptors (Lipinski definition) is 4. The Balaban J connectivity index is 2.14. The van der Waals surface area contributed by atoms with Gasteiger partial charge in [0.15, 0.2) is 5.82 Å². The van der Waals surface area contributed by atoms with Crippen molar-refractivity contribution >= 4 is 22.9 Å². The molecule has 0 aromatic carbocycles. The molecule has 0 bridgehead atoms. The van der Waals surface area contributed by atoms with Gasteiger partial charge in [0, 0.05) is 16.2 Å². The standard InChI is InChI=1S/C11H15ClN4S/c1-7(6-10-5-4-8(2)17-10)16-11(9(3)12)13-14-15-16/h4-5,7,9H,6H2,1-3H3. The molecule has 0 saturated heterocycles. The number of nitrogens with zero attached hydrogens (tertiary/aromatic N) is 4. The fourth-order valence-electron chi connectivity index (χ4n) is 1.75. The van der Waals surface area contributed by atoms with Crippen molar-refractivity contribution in [2.45, 2.75) is 38.6 Å². The highest BCUT2D eigenvalue weighted by atomic mass is 35.5. The molecule has 0 amide bonds. The molecule has 92 valence electrons. The summed E-state index contributed by atoms with van der Waals surface area (Å²) in [7, 11) is 0. The van der Waals surface area contributed by atoms with Crippen LogP contribution in [0.15, 0.2) is 12.1 Å². The second-order valence-corrected chi connectivity index (χ2v) is 6.19. The monoisotopic (exact) mass is 270 g/mol. The first-order valence-electron chi connectivity index (χ1n) is 5.55. The van der Waals surface area contributed by atoms with Crippen LogP contribution in [0.4, 0.5) is 0 Å². The maximum Gasteiger partial charge on any atom is 0.169 e. The third-order valence-electron chi connectivity index (χ3n) is 2.58. The van der Waals surface area contributed by atoms with E-state index in [1.807, 2.05) is 22.9 Å². The maximum absolute atomic E-state index is 6.04. The van der Waals surface area contributed by atoms with E-state index < -0.39 is 0 Å². The molecular weight excluding hydrogens is 256 g/mol. The number of rotatable bonds is 4. The van der Waals surface area contributed by atoms with Crippen LogP contribution in [-0.4, -0.2) is 20.2 Å². The van der Waals surface area contributed by atoms with Crippen molar-refractivity contribution in [1.82, 2.24) is 20.2 Å². The van der Waals surface area contributed by atoms with E-state index in [2.05, 4.69) is 41.5 Å². The number of aromatic nitrogens is 4. The van der Waals surface area contributed by atoms with Gasteiger partial charge in [-0.2, -0.15) is 0 Å². The second-order valence-electron chi connectivity index (χ2n) is 4.16. The highest BCUT2D eigenvalue weighted by Crippen LogP contribution is 2.24. The lowest BCUT2D eigenvalue weighted by Crippen LogP contribution is -2.13. The minimum atomic E-state index is -0.169. The second kappa shape index (κ2) is 5.14. The summed E-state index contributed by atoms with van der Waals surface area (Å²) >= 11 is 7.85. The lowest BCUT2D eigenvalue weighted by molar-refractivity contribution is 0.459. The van der Waals surface area contributed by atoms with Crippen LogP contribution in [0, 0.1) is 6.92 Å². The zero-order valence-corrected chi connectivity index (χ0v) is 11.7. The zero-order chi connectivity index (χ0) is 12.4. The van der Waals surface area contributed by atoms with Crippen LogP contribution in [-0.2, 0) is 6.42 Å². The molecular formula is C11H15ClN4S. The molecule has 0 aliphatic heterocycles. The number of tetrazole rings is 1. The maximum atomic E-state index is 6.04. The van der Waals surface area contributed by atoms with Crippen molar-refractivity contribution in [2.75, 3.05) is 0 Å². The van der Waals surface area contributed by atoms with Gasteiger partial charge in [-0.25, -0.2) is 4.68 Å². The fraction of sp³-hybridized carbons (Fsp3) is 0.545. The van der Waals surface area contributed by atoms with Gasteiger partial charge >= 0.3 is 0 Å². The smallest absolute Gasteiger partial charge is 0.169 e. The molecule has 0 spiro atoms. The molecule has 0 saturated carbocycles. The Hall–Kier alpha value is -0.940. The summed E-state index contributed by atoms with van der Waals surface area (Å²) in [5.74, 6) is 0.729. The van der Waals surface area contributed by atoms with Crippen LogP contribution < -0.4 is 0 Å². The van der Waals surface area contributed by atoms with Gasteiger partial charge in [0.05, 0.1) is 11.4 Å². The lowest BCUT2D eigenvalue weighted by atomic mass is 10.2. The van der Waals surface area contributed by atoms with Crippen molar-refractivity contribution in [3.63, 3.8) is 0 Å².